The highest BCUT2D eigenvalue weighted by Crippen LogP contribution is 2.31. The molecule has 0 spiro atoms. The minimum absolute atomic E-state index is 0.581. The maximum absolute atomic E-state index is 6.22. The Hall–Kier alpha value is -1.71. The number of hydrogen-bond acceptors (Lipinski definition) is 3. The Kier molecular flexibility index (Phi) is 5.27. The van der Waals surface area contributed by atoms with Gasteiger partial charge in [0.1, 0.15) is 17.2 Å². The Bertz CT molecular complexity index is 572. The predicted molar refractivity (Wildman–Crippen MR) is 81.9 cm³/mol. The van der Waals surface area contributed by atoms with Crippen molar-refractivity contribution in [2.24, 2.45) is 5.73 Å². The van der Waals surface area contributed by atoms with Gasteiger partial charge in [0.15, 0.2) is 0 Å². The number of rotatable bonds is 6. The molecule has 0 aliphatic carbocycles. The average Bonchev–Trinajstić information content (AvgIpc) is 2.43. The van der Waals surface area contributed by atoms with E-state index >= 15 is 0 Å². The molecule has 2 rings (SSSR count). The van der Waals surface area contributed by atoms with Gasteiger partial charge < -0.3 is 15.2 Å². The van der Waals surface area contributed by atoms with Crippen molar-refractivity contribution >= 4 is 11.6 Å². The van der Waals surface area contributed by atoms with Crippen molar-refractivity contribution in [1.82, 2.24) is 0 Å². The first-order valence-electron chi connectivity index (χ1n) is 6.62. The summed E-state index contributed by atoms with van der Waals surface area (Å²) in [5.41, 5.74) is 6.63. The lowest BCUT2D eigenvalue weighted by atomic mass is 10.1. The molecule has 0 amide bonds. The smallest absolute Gasteiger partial charge is 0.146 e. The molecular weight excluding hydrogens is 274 g/mol. The third kappa shape index (κ3) is 3.89. The summed E-state index contributed by atoms with van der Waals surface area (Å²) in [6.45, 7) is 3.17. The molecule has 3 nitrogen and oxygen atoms in total. The van der Waals surface area contributed by atoms with Crippen molar-refractivity contribution in [1.29, 1.82) is 0 Å². The van der Waals surface area contributed by atoms with Crippen molar-refractivity contribution in [3.8, 4) is 17.2 Å². The van der Waals surface area contributed by atoms with Crippen LogP contribution in [0.15, 0.2) is 42.5 Å². The highest BCUT2D eigenvalue weighted by molar-refractivity contribution is 6.32. The largest absolute Gasteiger partial charge is 0.494 e. The van der Waals surface area contributed by atoms with Gasteiger partial charge in [-0.15, -0.1) is 0 Å². The fourth-order valence-corrected chi connectivity index (χ4v) is 2.11. The van der Waals surface area contributed by atoms with Gasteiger partial charge in [-0.2, -0.15) is 0 Å². The SMILES string of the molecule is CCOc1cccc(Oc2ccc(CCN)cc2Cl)c1. The van der Waals surface area contributed by atoms with Gasteiger partial charge in [0.25, 0.3) is 0 Å². The number of halogens is 1. The molecule has 0 heterocycles. The summed E-state index contributed by atoms with van der Waals surface area (Å²) >= 11 is 6.22. The summed E-state index contributed by atoms with van der Waals surface area (Å²) in [5, 5.41) is 0.581. The van der Waals surface area contributed by atoms with Gasteiger partial charge >= 0.3 is 0 Å². The van der Waals surface area contributed by atoms with Crippen LogP contribution in [0.1, 0.15) is 12.5 Å². The Morgan fingerprint density at radius 2 is 1.90 bits per heavy atom. The van der Waals surface area contributed by atoms with Crippen LogP contribution in [0.4, 0.5) is 0 Å². The molecule has 0 aliphatic heterocycles. The molecule has 2 aromatic carbocycles. The van der Waals surface area contributed by atoms with Gasteiger partial charge in [-0.25, -0.2) is 0 Å². The zero-order valence-corrected chi connectivity index (χ0v) is 12.2. The van der Waals surface area contributed by atoms with Gasteiger partial charge in [0.05, 0.1) is 11.6 Å². The molecule has 2 N–H and O–H groups in total. The zero-order chi connectivity index (χ0) is 14.4. The summed E-state index contributed by atoms with van der Waals surface area (Å²) in [6, 6.07) is 13.2. The van der Waals surface area contributed by atoms with E-state index in [-0.39, 0.29) is 0 Å². The van der Waals surface area contributed by atoms with E-state index < -0.39 is 0 Å². The Morgan fingerprint density at radius 1 is 1.10 bits per heavy atom. The molecule has 106 valence electrons. The van der Waals surface area contributed by atoms with Gasteiger partial charge in [0.2, 0.25) is 0 Å². The first-order chi connectivity index (χ1) is 9.72. The van der Waals surface area contributed by atoms with Crippen LogP contribution in [0, 0.1) is 0 Å². The predicted octanol–water partition coefficient (Wildman–Crippen LogP) is 4.03. The molecule has 0 saturated heterocycles. The van der Waals surface area contributed by atoms with Gasteiger partial charge in [-0.05, 0) is 49.7 Å². The number of ether oxygens (including phenoxy) is 2. The van der Waals surface area contributed by atoms with Gasteiger partial charge in [-0.3, -0.25) is 0 Å². The summed E-state index contributed by atoms with van der Waals surface area (Å²) in [7, 11) is 0. The lowest BCUT2D eigenvalue weighted by Gasteiger charge is -2.10. The van der Waals surface area contributed by atoms with E-state index in [0.29, 0.717) is 29.7 Å². The number of benzene rings is 2. The van der Waals surface area contributed by atoms with Crippen LogP contribution in [-0.4, -0.2) is 13.2 Å². The van der Waals surface area contributed by atoms with Crippen LogP contribution < -0.4 is 15.2 Å². The number of nitrogens with two attached hydrogens (primary N) is 1. The molecule has 0 bridgehead atoms. The maximum atomic E-state index is 6.22. The Labute approximate surface area is 124 Å². The summed E-state index contributed by atoms with van der Waals surface area (Å²) in [4.78, 5) is 0. The van der Waals surface area contributed by atoms with Crippen molar-refractivity contribution in [2.45, 2.75) is 13.3 Å². The molecule has 0 fully saturated rings. The molecule has 0 saturated carbocycles. The van der Waals surface area contributed by atoms with E-state index in [1.54, 1.807) is 0 Å². The minimum Gasteiger partial charge on any atom is -0.494 e. The first kappa shape index (κ1) is 14.7. The van der Waals surface area contributed by atoms with Crippen LogP contribution in [0.5, 0.6) is 17.2 Å². The second-order valence-electron chi connectivity index (χ2n) is 4.31. The fraction of sp³-hybridized carbons (Fsp3) is 0.250. The van der Waals surface area contributed by atoms with E-state index in [1.165, 1.54) is 0 Å². The summed E-state index contributed by atoms with van der Waals surface area (Å²) < 4.78 is 11.2. The molecule has 4 heteroatoms. The monoisotopic (exact) mass is 291 g/mol. The molecule has 0 atom stereocenters. The minimum atomic E-state index is 0.581. The highest BCUT2D eigenvalue weighted by Gasteiger charge is 2.05. The lowest BCUT2D eigenvalue weighted by molar-refractivity contribution is 0.338. The van der Waals surface area contributed by atoms with Crippen molar-refractivity contribution in [3.63, 3.8) is 0 Å². The van der Waals surface area contributed by atoms with Crippen molar-refractivity contribution < 1.29 is 9.47 Å². The topological polar surface area (TPSA) is 44.5 Å². The van der Waals surface area contributed by atoms with E-state index in [2.05, 4.69) is 0 Å². The van der Waals surface area contributed by atoms with Crippen LogP contribution in [-0.2, 0) is 6.42 Å². The Morgan fingerprint density at radius 3 is 2.60 bits per heavy atom. The quantitative estimate of drug-likeness (QED) is 0.874. The normalized spacial score (nSPS) is 10.3. The molecular formula is C16H18ClNO2. The van der Waals surface area contributed by atoms with E-state index in [4.69, 9.17) is 26.8 Å². The lowest BCUT2D eigenvalue weighted by Crippen LogP contribution is -2.02. The molecule has 0 unspecified atom stereocenters. The van der Waals surface area contributed by atoms with E-state index in [0.717, 1.165) is 17.7 Å². The van der Waals surface area contributed by atoms with Gasteiger partial charge in [0, 0.05) is 6.07 Å². The van der Waals surface area contributed by atoms with Crippen LogP contribution in [0.3, 0.4) is 0 Å². The Balaban J connectivity index is 2.15. The molecule has 2 aromatic rings. The van der Waals surface area contributed by atoms with Crippen molar-refractivity contribution in [2.75, 3.05) is 13.2 Å². The average molecular weight is 292 g/mol. The number of hydrogen-bond donors (Lipinski definition) is 1. The van der Waals surface area contributed by atoms with E-state index in [9.17, 15) is 0 Å². The maximum Gasteiger partial charge on any atom is 0.146 e. The summed E-state index contributed by atoms with van der Waals surface area (Å²) in [6.07, 6.45) is 0.805. The summed E-state index contributed by atoms with van der Waals surface area (Å²) in [5.74, 6) is 2.10. The van der Waals surface area contributed by atoms with Crippen LogP contribution in [0.2, 0.25) is 5.02 Å². The molecule has 0 aromatic heterocycles. The van der Waals surface area contributed by atoms with E-state index in [1.807, 2.05) is 49.4 Å². The first-order valence-corrected chi connectivity index (χ1v) is 7.00. The zero-order valence-electron chi connectivity index (χ0n) is 11.4. The highest BCUT2D eigenvalue weighted by atomic mass is 35.5. The third-order valence-corrected chi connectivity index (χ3v) is 3.07. The van der Waals surface area contributed by atoms with Crippen LogP contribution in [0.25, 0.3) is 0 Å². The second kappa shape index (κ2) is 7.17. The van der Waals surface area contributed by atoms with Crippen LogP contribution >= 0.6 is 11.6 Å². The third-order valence-electron chi connectivity index (χ3n) is 2.77. The second-order valence-corrected chi connectivity index (χ2v) is 4.72. The standard InChI is InChI=1S/C16H18ClNO2/c1-2-19-13-4-3-5-14(11-13)20-16-7-6-12(8-9-18)10-15(16)17/h3-7,10-11H,2,8-9,18H2,1H3. The fourth-order valence-electron chi connectivity index (χ4n) is 1.87. The van der Waals surface area contributed by atoms with Crippen molar-refractivity contribution in [3.05, 3.63) is 53.1 Å². The molecule has 20 heavy (non-hydrogen) atoms. The van der Waals surface area contributed by atoms with Gasteiger partial charge in [-0.1, -0.05) is 23.7 Å². The molecule has 0 aliphatic rings. The molecule has 0 radical (unpaired) electrons.